The Morgan fingerprint density at radius 2 is 1.42 bits per heavy atom. The van der Waals surface area contributed by atoms with Gasteiger partial charge in [-0.15, -0.1) is 11.8 Å². The van der Waals surface area contributed by atoms with Gasteiger partial charge in [0.05, 0.1) is 12.0 Å². The molecule has 0 fully saturated rings. The molecule has 0 saturated carbocycles. The van der Waals surface area contributed by atoms with E-state index in [1.54, 1.807) is 48.5 Å². The highest BCUT2D eigenvalue weighted by atomic mass is 32.2. The molecule has 0 saturated heterocycles. The Kier molecular flexibility index (Phi) is 5.74. The Hall–Kier alpha value is -4.03. The van der Waals surface area contributed by atoms with Crippen LogP contribution in [0.3, 0.4) is 0 Å². The number of rotatable bonds is 4. The van der Waals surface area contributed by atoms with Gasteiger partial charge in [-0.05, 0) is 36.4 Å². The van der Waals surface area contributed by atoms with Gasteiger partial charge >= 0.3 is 0 Å². The van der Waals surface area contributed by atoms with Gasteiger partial charge in [-0.2, -0.15) is 0 Å². The molecule has 4 aromatic carbocycles. The maximum absolute atomic E-state index is 10.4. The van der Waals surface area contributed by atoms with E-state index in [9.17, 15) is 10.2 Å². The molecule has 0 aromatic heterocycles. The van der Waals surface area contributed by atoms with Gasteiger partial charge in [-0.3, -0.25) is 4.99 Å². The first-order valence-electron chi connectivity index (χ1n) is 11.8. The Morgan fingerprint density at radius 3 is 2.19 bits per heavy atom. The van der Waals surface area contributed by atoms with Crippen molar-refractivity contribution in [1.82, 2.24) is 0 Å². The molecule has 0 bridgehead atoms. The monoisotopic (exact) mass is 492 g/mol. The minimum Gasteiger partial charge on any atom is -0.507 e. The molecule has 0 amide bonds. The van der Waals surface area contributed by atoms with Crippen LogP contribution in [0.5, 0.6) is 17.2 Å². The summed E-state index contributed by atoms with van der Waals surface area (Å²) in [5.74, 6) is 1.69. The van der Waals surface area contributed by atoms with Gasteiger partial charge in [0.25, 0.3) is 0 Å². The lowest BCUT2D eigenvalue weighted by atomic mass is 9.79. The van der Waals surface area contributed by atoms with Crippen molar-refractivity contribution in [1.29, 1.82) is 0 Å². The fourth-order valence-corrected chi connectivity index (χ4v) is 6.23. The molecule has 6 rings (SSSR count). The van der Waals surface area contributed by atoms with Crippen LogP contribution >= 0.6 is 11.8 Å². The van der Waals surface area contributed by atoms with Crippen LogP contribution in [0.2, 0.25) is 0 Å². The summed E-state index contributed by atoms with van der Waals surface area (Å²) in [6.45, 7) is 0. The second-order valence-electron chi connectivity index (χ2n) is 8.85. The molecule has 2 aliphatic heterocycles. The molecule has 2 aliphatic rings. The zero-order valence-electron chi connectivity index (χ0n) is 19.4. The predicted octanol–water partition coefficient (Wildman–Crippen LogP) is 6.34. The maximum Gasteiger partial charge on any atom is 0.233 e. The summed E-state index contributed by atoms with van der Waals surface area (Å²) < 4.78 is 6.80. The minimum atomic E-state index is -1.03. The first-order valence-corrected chi connectivity index (χ1v) is 12.8. The van der Waals surface area contributed by atoms with Gasteiger partial charge in [0.1, 0.15) is 17.2 Å². The third-order valence-electron chi connectivity index (χ3n) is 6.72. The smallest absolute Gasteiger partial charge is 0.233 e. The van der Waals surface area contributed by atoms with Crippen molar-refractivity contribution in [2.75, 3.05) is 5.75 Å². The molecule has 4 aromatic rings. The number of benzene rings is 4. The molecule has 36 heavy (non-hydrogen) atoms. The molecule has 0 spiro atoms. The third-order valence-corrected chi connectivity index (χ3v) is 7.91. The van der Waals surface area contributed by atoms with E-state index in [1.165, 1.54) is 0 Å². The first-order chi connectivity index (χ1) is 17.7. The zero-order chi connectivity index (χ0) is 24.5. The van der Waals surface area contributed by atoms with Gasteiger partial charge < -0.3 is 14.9 Å². The normalized spacial score (nSPS) is 22.6. The molecule has 6 heteroatoms. The van der Waals surface area contributed by atoms with E-state index in [2.05, 4.69) is 12.1 Å². The highest BCUT2D eigenvalue weighted by molar-refractivity contribution is 7.99. The quantitative estimate of drug-likeness (QED) is 0.326. The van der Waals surface area contributed by atoms with Crippen molar-refractivity contribution in [3.05, 3.63) is 119 Å². The number of ether oxygens (including phenoxy) is 1. The van der Waals surface area contributed by atoms with E-state index >= 15 is 0 Å². The summed E-state index contributed by atoms with van der Waals surface area (Å²) in [7, 11) is 0. The number of aromatic hydroxyl groups is 2. The molecular formula is C30H24N2O3S. The second kappa shape index (κ2) is 9.21. The SMILES string of the molecule is Oc1ccccc1C=N[C@H]1c2ccccc2O[C@@]2(/N=C/c3ccccc3O)c3ccccc3SC[C@H]12. The Labute approximate surface area is 213 Å². The van der Waals surface area contributed by atoms with Gasteiger partial charge in [0.2, 0.25) is 5.72 Å². The van der Waals surface area contributed by atoms with Gasteiger partial charge in [-0.25, -0.2) is 4.99 Å². The number of nitrogens with zero attached hydrogens (tertiary/aromatic N) is 2. The van der Waals surface area contributed by atoms with E-state index in [0.717, 1.165) is 27.5 Å². The average Bonchev–Trinajstić information content (AvgIpc) is 2.91. The standard InChI is InChI=1S/C30H24N2O3S/c33-25-13-5-1-9-20(25)17-31-29-22-11-3-7-15-27(22)35-30(32-18-21-10-2-6-14-26(21)34)23-12-4-8-16-28(23)36-19-24(29)30/h1-18,24,29,33-34H,19H2/b31-17?,32-18+/t24-,29+,30+/m1/s1. The number of phenols is 2. The largest absolute Gasteiger partial charge is 0.507 e. The van der Waals surface area contributed by atoms with Crippen LogP contribution in [0.1, 0.15) is 28.3 Å². The van der Waals surface area contributed by atoms with Gasteiger partial charge in [-0.1, -0.05) is 60.7 Å². The van der Waals surface area contributed by atoms with Crippen molar-refractivity contribution >= 4 is 24.2 Å². The molecule has 0 aliphatic carbocycles. The van der Waals surface area contributed by atoms with Crippen LogP contribution in [-0.2, 0) is 5.72 Å². The Morgan fingerprint density at radius 1 is 0.778 bits per heavy atom. The third kappa shape index (κ3) is 3.84. The first kappa shape index (κ1) is 22.4. The van der Waals surface area contributed by atoms with E-state index in [0.29, 0.717) is 11.1 Å². The fourth-order valence-electron chi connectivity index (χ4n) is 4.91. The molecule has 0 radical (unpaired) electrons. The van der Waals surface area contributed by atoms with Gasteiger partial charge in [0.15, 0.2) is 0 Å². The second-order valence-corrected chi connectivity index (χ2v) is 9.91. The topological polar surface area (TPSA) is 74.4 Å². The number of hydrogen-bond donors (Lipinski definition) is 2. The van der Waals surface area contributed by atoms with Crippen molar-refractivity contribution in [2.45, 2.75) is 16.7 Å². The molecule has 5 nitrogen and oxygen atoms in total. The molecule has 0 unspecified atom stereocenters. The van der Waals surface area contributed by atoms with E-state index < -0.39 is 5.72 Å². The van der Waals surface area contributed by atoms with Crippen molar-refractivity contribution in [2.24, 2.45) is 15.9 Å². The van der Waals surface area contributed by atoms with E-state index in [1.807, 2.05) is 60.7 Å². The Balaban J connectivity index is 1.53. The van der Waals surface area contributed by atoms with E-state index in [-0.39, 0.29) is 23.5 Å². The average molecular weight is 493 g/mol. The summed E-state index contributed by atoms with van der Waals surface area (Å²) >= 11 is 1.77. The summed E-state index contributed by atoms with van der Waals surface area (Å²) in [5.41, 5.74) is 2.23. The number of thioether (sulfide) groups is 1. The van der Waals surface area contributed by atoms with Crippen LogP contribution in [0.15, 0.2) is 112 Å². The van der Waals surface area contributed by atoms with Crippen molar-refractivity contribution in [3.8, 4) is 17.2 Å². The molecule has 2 heterocycles. The van der Waals surface area contributed by atoms with Crippen molar-refractivity contribution < 1.29 is 14.9 Å². The number of fused-ring (bicyclic) bond motifs is 4. The van der Waals surface area contributed by atoms with Crippen LogP contribution in [0, 0.1) is 5.92 Å². The van der Waals surface area contributed by atoms with E-state index in [4.69, 9.17) is 14.7 Å². The summed E-state index contributed by atoms with van der Waals surface area (Å²) in [6, 6.07) is 30.2. The number of hydrogen-bond acceptors (Lipinski definition) is 6. The highest BCUT2D eigenvalue weighted by Gasteiger charge is 2.54. The molecule has 178 valence electrons. The number of aliphatic imine (C=N–C) groups is 2. The van der Waals surface area contributed by atoms with Crippen LogP contribution in [0.4, 0.5) is 0 Å². The zero-order valence-corrected chi connectivity index (χ0v) is 20.2. The fraction of sp³-hybridized carbons (Fsp3) is 0.133. The highest BCUT2D eigenvalue weighted by Crippen LogP contribution is 2.56. The summed E-state index contributed by atoms with van der Waals surface area (Å²) in [4.78, 5) is 11.2. The lowest BCUT2D eigenvalue weighted by Gasteiger charge is -2.48. The van der Waals surface area contributed by atoms with Crippen LogP contribution < -0.4 is 4.74 Å². The lowest BCUT2D eigenvalue weighted by molar-refractivity contribution is -0.0119. The number of para-hydroxylation sites is 3. The predicted molar refractivity (Wildman–Crippen MR) is 144 cm³/mol. The van der Waals surface area contributed by atoms with Crippen molar-refractivity contribution in [3.63, 3.8) is 0 Å². The molecule has 2 N–H and O–H groups in total. The molecular weight excluding hydrogens is 468 g/mol. The maximum atomic E-state index is 10.4. The number of phenolic OH excluding ortho intramolecular Hbond substituents is 2. The minimum absolute atomic E-state index is 0.128. The molecule has 3 atom stereocenters. The lowest BCUT2D eigenvalue weighted by Crippen LogP contribution is -2.48. The van der Waals surface area contributed by atoms with Crippen LogP contribution in [0.25, 0.3) is 0 Å². The summed E-state index contributed by atoms with van der Waals surface area (Å²) in [6.07, 6.45) is 3.44. The summed E-state index contributed by atoms with van der Waals surface area (Å²) in [5, 5.41) is 20.7. The Bertz CT molecular complexity index is 1480. The van der Waals surface area contributed by atoms with Crippen LogP contribution in [-0.4, -0.2) is 28.4 Å². The van der Waals surface area contributed by atoms with Gasteiger partial charge in [0, 0.05) is 45.3 Å².